The number of aliphatic hydroxyl groups is 1. The highest BCUT2D eigenvalue weighted by Gasteiger charge is 2.24. The number of rotatable bonds is 6. The van der Waals surface area contributed by atoms with E-state index >= 15 is 0 Å². The van der Waals surface area contributed by atoms with E-state index in [9.17, 15) is 5.11 Å². The molecule has 0 aliphatic carbocycles. The van der Waals surface area contributed by atoms with Crippen molar-refractivity contribution in [3.05, 3.63) is 58.6 Å². The van der Waals surface area contributed by atoms with Crippen molar-refractivity contribution in [2.45, 2.75) is 18.9 Å². The van der Waals surface area contributed by atoms with Crippen LogP contribution in [0, 0.1) is 0 Å². The first-order valence-corrected chi connectivity index (χ1v) is 9.39. The van der Waals surface area contributed by atoms with Gasteiger partial charge in [-0.05, 0) is 59.1 Å². The number of hydrogen-bond acceptors (Lipinski definition) is 4. The predicted molar refractivity (Wildman–Crippen MR) is 102 cm³/mol. The van der Waals surface area contributed by atoms with Crippen LogP contribution in [0.25, 0.3) is 0 Å². The molecule has 0 bridgehead atoms. The molecule has 2 aromatic carbocycles. The number of benzene rings is 2. The molecule has 1 unspecified atom stereocenters. The molecule has 4 nitrogen and oxygen atoms in total. The maximum Gasteiger partial charge on any atom is 0.141 e. The van der Waals surface area contributed by atoms with Gasteiger partial charge in [-0.25, -0.2) is 0 Å². The van der Waals surface area contributed by atoms with Crippen LogP contribution >= 0.6 is 15.9 Å². The predicted octanol–water partition coefficient (Wildman–Crippen LogP) is 4.17. The monoisotopic (exact) mass is 405 g/mol. The van der Waals surface area contributed by atoms with Gasteiger partial charge in [-0.2, -0.15) is 0 Å². The molecular weight excluding hydrogens is 382 g/mol. The van der Waals surface area contributed by atoms with Gasteiger partial charge in [0.15, 0.2) is 0 Å². The van der Waals surface area contributed by atoms with Crippen molar-refractivity contribution in [2.24, 2.45) is 0 Å². The van der Waals surface area contributed by atoms with Gasteiger partial charge in [0, 0.05) is 19.6 Å². The van der Waals surface area contributed by atoms with Crippen molar-refractivity contribution in [3.63, 3.8) is 0 Å². The Hall–Kier alpha value is -1.40. The number of hydrogen-bond donors (Lipinski definition) is 1. The van der Waals surface area contributed by atoms with Crippen LogP contribution in [0.1, 0.15) is 18.9 Å². The molecule has 1 atom stereocenters. The van der Waals surface area contributed by atoms with Gasteiger partial charge in [0.1, 0.15) is 11.5 Å². The second kappa shape index (κ2) is 8.32. The van der Waals surface area contributed by atoms with E-state index in [1.54, 1.807) is 0 Å². The number of nitrogens with zero attached hydrogens (tertiary/aromatic N) is 1. The van der Waals surface area contributed by atoms with Gasteiger partial charge in [-0.15, -0.1) is 0 Å². The molecule has 0 amide bonds. The Kier molecular flexibility index (Phi) is 6.12. The minimum absolute atomic E-state index is 0.692. The van der Waals surface area contributed by atoms with Crippen LogP contribution in [0.2, 0.25) is 0 Å². The van der Waals surface area contributed by atoms with Crippen molar-refractivity contribution in [1.29, 1.82) is 0 Å². The minimum atomic E-state index is -0.857. The lowest BCUT2D eigenvalue weighted by Gasteiger charge is -2.31. The summed E-state index contributed by atoms with van der Waals surface area (Å²) in [7, 11) is 0. The summed E-state index contributed by atoms with van der Waals surface area (Å²) in [4.78, 5) is 2.34. The summed E-state index contributed by atoms with van der Waals surface area (Å²) in [6, 6.07) is 15.4. The molecule has 1 N–H and O–H groups in total. The Morgan fingerprint density at radius 3 is 2.48 bits per heavy atom. The SMILES string of the molecule is CC(O)(CCN1CCOCC1)c1ccc(Oc2ccccc2Br)cc1. The Morgan fingerprint density at radius 1 is 1.12 bits per heavy atom. The van der Waals surface area contributed by atoms with Crippen LogP contribution < -0.4 is 4.74 Å². The van der Waals surface area contributed by atoms with E-state index in [1.165, 1.54) is 0 Å². The second-order valence-corrected chi connectivity index (χ2v) is 7.39. The van der Waals surface area contributed by atoms with E-state index in [0.29, 0.717) is 6.42 Å². The van der Waals surface area contributed by atoms with E-state index in [4.69, 9.17) is 9.47 Å². The molecule has 134 valence electrons. The maximum atomic E-state index is 10.8. The van der Waals surface area contributed by atoms with E-state index in [2.05, 4.69) is 20.8 Å². The molecule has 1 heterocycles. The third-order valence-electron chi connectivity index (χ3n) is 4.56. The molecule has 25 heavy (non-hydrogen) atoms. The zero-order valence-electron chi connectivity index (χ0n) is 14.5. The second-order valence-electron chi connectivity index (χ2n) is 6.53. The molecule has 3 rings (SSSR count). The van der Waals surface area contributed by atoms with Crippen LogP contribution in [-0.2, 0) is 10.3 Å². The summed E-state index contributed by atoms with van der Waals surface area (Å²) in [5, 5.41) is 10.8. The molecular formula is C20H24BrNO3. The van der Waals surface area contributed by atoms with Crippen molar-refractivity contribution >= 4 is 15.9 Å². The van der Waals surface area contributed by atoms with Gasteiger partial charge in [0.05, 0.1) is 23.3 Å². The smallest absolute Gasteiger partial charge is 0.141 e. The molecule has 0 spiro atoms. The van der Waals surface area contributed by atoms with E-state index in [0.717, 1.165) is 54.4 Å². The third-order valence-corrected chi connectivity index (χ3v) is 5.21. The number of para-hydroxylation sites is 1. The van der Waals surface area contributed by atoms with Crippen LogP contribution in [0.5, 0.6) is 11.5 Å². The summed E-state index contributed by atoms with van der Waals surface area (Å²) in [5.74, 6) is 1.52. The average Bonchev–Trinajstić information content (AvgIpc) is 2.63. The molecule has 2 aromatic rings. The largest absolute Gasteiger partial charge is 0.456 e. The highest BCUT2D eigenvalue weighted by atomic mass is 79.9. The van der Waals surface area contributed by atoms with Crippen molar-refractivity contribution in [1.82, 2.24) is 4.90 Å². The lowest BCUT2D eigenvalue weighted by Crippen LogP contribution is -2.39. The van der Waals surface area contributed by atoms with Crippen LogP contribution in [0.3, 0.4) is 0 Å². The Balaban J connectivity index is 1.61. The van der Waals surface area contributed by atoms with Crippen LogP contribution in [0.15, 0.2) is 53.0 Å². The molecule has 1 fully saturated rings. The molecule has 0 aromatic heterocycles. The fraction of sp³-hybridized carbons (Fsp3) is 0.400. The number of halogens is 1. The van der Waals surface area contributed by atoms with Gasteiger partial charge in [-0.1, -0.05) is 24.3 Å². The summed E-state index contributed by atoms with van der Waals surface area (Å²) in [5.41, 5.74) is 0.0460. The Morgan fingerprint density at radius 2 is 1.80 bits per heavy atom. The van der Waals surface area contributed by atoms with E-state index < -0.39 is 5.60 Å². The highest BCUT2D eigenvalue weighted by Crippen LogP contribution is 2.31. The quantitative estimate of drug-likeness (QED) is 0.782. The lowest BCUT2D eigenvalue weighted by molar-refractivity contribution is 0.00548. The van der Waals surface area contributed by atoms with Crippen molar-refractivity contribution in [3.8, 4) is 11.5 Å². The Bertz CT molecular complexity index is 682. The zero-order valence-corrected chi connectivity index (χ0v) is 16.0. The molecule has 1 aliphatic rings. The molecule has 5 heteroatoms. The summed E-state index contributed by atoms with van der Waals surface area (Å²) >= 11 is 3.48. The first kappa shape index (κ1) is 18.4. The van der Waals surface area contributed by atoms with Gasteiger partial charge in [0.25, 0.3) is 0 Å². The first-order valence-electron chi connectivity index (χ1n) is 8.60. The zero-order chi connectivity index (χ0) is 17.7. The normalized spacial score (nSPS) is 17.9. The van der Waals surface area contributed by atoms with E-state index in [1.807, 2.05) is 55.5 Å². The van der Waals surface area contributed by atoms with Crippen LogP contribution in [0.4, 0.5) is 0 Å². The third kappa shape index (κ3) is 5.05. The molecule has 1 aliphatic heterocycles. The topological polar surface area (TPSA) is 41.9 Å². The average molecular weight is 406 g/mol. The van der Waals surface area contributed by atoms with Crippen LogP contribution in [-0.4, -0.2) is 42.9 Å². The van der Waals surface area contributed by atoms with Gasteiger partial charge in [-0.3, -0.25) is 4.90 Å². The van der Waals surface area contributed by atoms with Gasteiger partial charge in [0.2, 0.25) is 0 Å². The standard InChI is InChI=1S/C20H24BrNO3/c1-20(23,10-11-22-12-14-24-15-13-22)16-6-8-17(9-7-16)25-19-5-3-2-4-18(19)21/h2-9,23H,10-15H2,1H3. The minimum Gasteiger partial charge on any atom is -0.456 e. The summed E-state index contributed by atoms with van der Waals surface area (Å²) in [6.45, 7) is 6.18. The summed E-state index contributed by atoms with van der Waals surface area (Å²) in [6.07, 6.45) is 0.692. The van der Waals surface area contributed by atoms with Crippen molar-refractivity contribution < 1.29 is 14.6 Å². The molecule has 0 saturated carbocycles. The Labute approximate surface area is 157 Å². The lowest BCUT2D eigenvalue weighted by atomic mass is 9.92. The van der Waals surface area contributed by atoms with Gasteiger partial charge < -0.3 is 14.6 Å². The first-order chi connectivity index (χ1) is 12.0. The maximum absolute atomic E-state index is 10.8. The number of morpholine rings is 1. The van der Waals surface area contributed by atoms with E-state index in [-0.39, 0.29) is 0 Å². The van der Waals surface area contributed by atoms with Crippen molar-refractivity contribution in [2.75, 3.05) is 32.8 Å². The highest BCUT2D eigenvalue weighted by molar-refractivity contribution is 9.10. The molecule has 0 radical (unpaired) electrons. The fourth-order valence-corrected chi connectivity index (χ4v) is 3.25. The van der Waals surface area contributed by atoms with Gasteiger partial charge >= 0.3 is 0 Å². The molecule has 1 saturated heterocycles. The summed E-state index contributed by atoms with van der Waals surface area (Å²) < 4.78 is 12.2. The fourth-order valence-electron chi connectivity index (χ4n) is 2.88. The number of ether oxygens (including phenoxy) is 2.